The molecule has 0 spiro atoms. The lowest BCUT2D eigenvalue weighted by Crippen LogP contribution is -2.48. The third kappa shape index (κ3) is 3.31. The highest BCUT2D eigenvalue weighted by atomic mass is 15.2. The molecule has 0 aliphatic heterocycles. The molecule has 2 heteroatoms. The van der Waals surface area contributed by atoms with Crippen LogP contribution in [0.3, 0.4) is 0 Å². The maximum Gasteiger partial charge on any atom is 0.0672 e. The van der Waals surface area contributed by atoms with Crippen molar-refractivity contribution in [2.45, 2.75) is 71.9 Å². The summed E-state index contributed by atoms with van der Waals surface area (Å²) in [4.78, 5) is 2.53. The molecule has 4 unspecified atom stereocenters. The van der Waals surface area contributed by atoms with E-state index in [0.717, 1.165) is 18.3 Å². The summed E-state index contributed by atoms with van der Waals surface area (Å²) in [5.41, 5.74) is 0.377. The molecule has 2 rings (SSSR count). The lowest BCUT2D eigenvalue weighted by molar-refractivity contribution is 0.0502. The van der Waals surface area contributed by atoms with Crippen molar-refractivity contribution in [1.29, 1.82) is 5.26 Å². The first-order valence-corrected chi connectivity index (χ1v) is 7.96. The number of nitriles is 1. The van der Waals surface area contributed by atoms with Gasteiger partial charge in [0.2, 0.25) is 0 Å². The molecule has 0 bridgehead atoms. The van der Waals surface area contributed by atoms with Crippen LogP contribution in [0.5, 0.6) is 0 Å². The highest BCUT2D eigenvalue weighted by molar-refractivity contribution is 5.00. The lowest BCUT2D eigenvalue weighted by Gasteiger charge is -2.45. The van der Waals surface area contributed by atoms with E-state index in [2.05, 4.69) is 45.7 Å². The SMILES string of the molecule is CC(C1CC1)N(C)C1CC(C(C)(C)C)CCC1C#N. The van der Waals surface area contributed by atoms with Crippen LogP contribution in [0, 0.1) is 34.5 Å². The van der Waals surface area contributed by atoms with E-state index >= 15 is 0 Å². The summed E-state index contributed by atoms with van der Waals surface area (Å²) in [6, 6.07) is 3.70. The molecule has 0 amide bonds. The molecule has 0 heterocycles. The molecular weight excluding hydrogens is 232 g/mol. The van der Waals surface area contributed by atoms with Crippen LogP contribution in [0.1, 0.15) is 59.8 Å². The molecule has 0 radical (unpaired) electrons. The molecule has 0 aromatic heterocycles. The summed E-state index contributed by atoms with van der Waals surface area (Å²) in [5.74, 6) is 1.89. The van der Waals surface area contributed by atoms with Gasteiger partial charge in [-0.1, -0.05) is 20.8 Å². The number of hydrogen-bond donors (Lipinski definition) is 0. The van der Waals surface area contributed by atoms with Crippen LogP contribution in [0.15, 0.2) is 0 Å². The Kier molecular flexibility index (Phi) is 4.26. The fourth-order valence-corrected chi connectivity index (χ4v) is 3.75. The number of nitrogens with zero attached hydrogens (tertiary/aromatic N) is 2. The van der Waals surface area contributed by atoms with E-state index in [1.165, 1.54) is 25.7 Å². The molecule has 4 atom stereocenters. The summed E-state index contributed by atoms with van der Waals surface area (Å²) in [6.45, 7) is 9.41. The summed E-state index contributed by atoms with van der Waals surface area (Å²) in [6.07, 6.45) is 6.29. The molecule has 0 saturated heterocycles. The molecule has 2 aliphatic rings. The zero-order valence-electron chi connectivity index (χ0n) is 13.3. The van der Waals surface area contributed by atoms with Gasteiger partial charge in [0.1, 0.15) is 0 Å². The molecule has 2 nitrogen and oxygen atoms in total. The summed E-state index contributed by atoms with van der Waals surface area (Å²) >= 11 is 0. The van der Waals surface area contributed by atoms with E-state index in [1.807, 2.05) is 0 Å². The topological polar surface area (TPSA) is 27.0 Å². The molecule has 0 aromatic rings. The van der Waals surface area contributed by atoms with Crippen LogP contribution in [0.2, 0.25) is 0 Å². The van der Waals surface area contributed by atoms with E-state index in [1.54, 1.807) is 0 Å². The van der Waals surface area contributed by atoms with Crippen LogP contribution >= 0.6 is 0 Å². The van der Waals surface area contributed by atoms with Crippen molar-refractivity contribution in [2.75, 3.05) is 7.05 Å². The zero-order chi connectivity index (χ0) is 14.2. The second-order valence-electron chi connectivity index (χ2n) is 7.92. The average Bonchev–Trinajstić information content (AvgIpc) is 3.19. The first-order valence-electron chi connectivity index (χ1n) is 7.96. The third-order valence-electron chi connectivity index (χ3n) is 5.68. The Hall–Kier alpha value is -0.550. The van der Waals surface area contributed by atoms with Gasteiger partial charge < -0.3 is 0 Å². The molecule has 108 valence electrons. The average molecular weight is 262 g/mol. The summed E-state index contributed by atoms with van der Waals surface area (Å²) in [7, 11) is 2.25. The Balaban J connectivity index is 2.07. The second kappa shape index (κ2) is 5.44. The second-order valence-corrected chi connectivity index (χ2v) is 7.92. The maximum atomic E-state index is 9.46. The molecular formula is C17H30N2. The maximum absolute atomic E-state index is 9.46. The van der Waals surface area contributed by atoms with Gasteiger partial charge in [0.15, 0.2) is 0 Å². The highest BCUT2D eigenvalue weighted by Gasteiger charge is 2.41. The van der Waals surface area contributed by atoms with Crippen molar-refractivity contribution in [2.24, 2.45) is 23.2 Å². The molecule has 2 saturated carbocycles. The standard InChI is InChI=1S/C17H30N2/c1-12(13-6-7-13)19(5)16-10-15(17(2,3)4)9-8-14(16)11-18/h12-16H,6-10H2,1-5H3. The first-order chi connectivity index (χ1) is 8.84. The monoisotopic (exact) mass is 262 g/mol. The number of hydrogen-bond acceptors (Lipinski definition) is 2. The van der Waals surface area contributed by atoms with Crippen LogP contribution in [0.4, 0.5) is 0 Å². The van der Waals surface area contributed by atoms with Crippen LogP contribution in [-0.2, 0) is 0 Å². The fraction of sp³-hybridized carbons (Fsp3) is 0.941. The van der Waals surface area contributed by atoms with Gasteiger partial charge in [0.05, 0.1) is 12.0 Å². The Bertz CT molecular complexity index is 345. The first kappa shape index (κ1) is 14.9. The Morgan fingerprint density at radius 2 is 1.79 bits per heavy atom. The van der Waals surface area contributed by atoms with Crippen LogP contribution < -0.4 is 0 Å². The van der Waals surface area contributed by atoms with Crippen molar-refractivity contribution >= 4 is 0 Å². The largest absolute Gasteiger partial charge is 0.299 e. The molecule has 0 N–H and O–H groups in total. The fourth-order valence-electron chi connectivity index (χ4n) is 3.75. The molecule has 2 fully saturated rings. The third-order valence-corrected chi connectivity index (χ3v) is 5.68. The minimum Gasteiger partial charge on any atom is -0.299 e. The smallest absolute Gasteiger partial charge is 0.0672 e. The van der Waals surface area contributed by atoms with Crippen LogP contribution in [0.25, 0.3) is 0 Å². The highest BCUT2D eigenvalue weighted by Crippen LogP contribution is 2.43. The summed E-state index contributed by atoms with van der Waals surface area (Å²) < 4.78 is 0. The normalized spacial score (nSPS) is 34.1. The van der Waals surface area contributed by atoms with Gasteiger partial charge in [0.25, 0.3) is 0 Å². The van der Waals surface area contributed by atoms with Crippen molar-refractivity contribution < 1.29 is 0 Å². The number of rotatable bonds is 3. The van der Waals surface area contributed by atoms with Crippen molar-refractivity contribution in [3.05, 3.63) is 0 Å². The van der Waals surface area contributed by atoms with E-state index in [0.29, 0.717) is 17.5 Å². The minimum atomic E-state index is 0.241. The Morgan fingerprint density at radius 1 is 1.16 bits per heavy atom. The van der Waals surface area contributed by atoms with Gasteiger partial charge >= 0.3 is 0 Å². The zero-order valence-corrected chi connectivity index (χ0v) is 13.3. The summed E-state index contributed by atoms with van der Waals surface area (Å²) in [5, 5.41) is 9.46. The van der Waals surface area contributed by atoms with Gasteiger partial charge in [-0.05, 0) is 63.3 Å². The Labute approximate surface area is 119 Å². The van der Waals surface area contributed by atoms with Crippen molar-refractivity contribution in [1.82, 2.24) is 4.90 Å². The van der Waals surface area contributed by atoms with Crippen molar-refractivity contribution in [3.63, 3.8) is 0 Å². The van der Waals surface area contributed by atoms with Gasteiger partial charge in [-0.15, -0.1) is 0 Å². The van der Waals surface area contributed by atoms with Gasteiger partial charge in [-0.3, -0.25) is 4.90 Å². The predicted octanol–water partition coefficient (Wildman–Crippen LogP) is 4.07. The van der Waals surface area contributed by atoms with E-state index in [4.69, 9.17) is 0 Å². The van der Waals surface area contributed by atoms with E-state index < -0.39 is 0 Å². The molecule has 2 aliphatic carbocycles. The Morgan fingerprint density at radius 3 is 2.26 bits per heavy atom. The minimum absolute atomic E-state index is 0.241. The predicted molar refractivity (Wildman–Crippen MR) is 79.6 cm³/mol. The van der Waals surface area contributed by atoms with Gasteiger partial charge in [-0.2, -0.15) is 5.26 Å². The van der Waals surface area contributed by atoms with Crippen LogP contribution in [-0.4, -0.2) is 24.0 Å². The molecule has 19 heavy (non-hydrogen) atoms. The lowest BCUT2D eigenvalue weighted by atomic mass is 9.67. The van der Waals surface area contributed by atoms with Gasteiger partial charge in [0, 0.05) is 12.1 Å². The van der Waals surface area contributed by atoms with E-state index in [9.17, 15) is 5.26 Å². The molecule has 0 aromatic carbocycles. The van der Waals surface area contributed by atoms with E-state index in [-0.39, 0.29) is 5.92 Å². The quantitative estimate of drug-likeness (QED) is 0.766. The van der Waals surface area contributed by atoms with Gasteiger partial charge in [-0.25, -0.2) is 0 Å². The van der Waals surface area contributed by atoms with Crippen molar-refractivity contribution in [3.8, 4) is 6.07 Å².